The van der Waals surface area contributed by atoms with E-state index in [0.717, 1.165) is 4.90 Å². The maximum absolute atomic E-state index is 11.8. The molecular formula is C13H13NO5. The average molecular weight is 263 g/mol. The molecule has 1 N–H and O–H groups in total. The van der Waals surface area contributed by atoms with Gasteiger partial charge in [0.25, 0.3) is 0 Å². The molecule has 0 radical (unpaired) electrons. The zero-order valence-corrected chi connectivity index (χ0v) is 10.1. The van der Waals surface area contributed by atoms with Crippen molar-refractivity contribution in [3.63, 3.8) is 0 Å². The number of nitrogens with zero attached hydrogens (tertiary/aromatic N) is 1. The second-order valence-electron chi connectivity index (χ2n) is 4.21. The molecule has 0 saturated carbocycles. The molecule has 2 rings (SSSR count). The third kappa shape index (κ3) is 2.90. The Balaban J connectivity index is 2.01. The first-order valence-electron chi connectivity index (χ1n) is 5.90. The summed E-state index contributed by atoms with van der Waals surface area (Å²) >= 11 is 0. The van der Waals surface area contributed by atoms with Gasteiger partial charge in [-0.3, -0.25) is 4.90 Å². The summed E-state index contributed by atoms with van der Waals surface area (Å²) in [5.74, 6) is -1.86. The highest BCUT2D eigenvalue weighted by molar-refractivity contribution is 5.97. The molecule has 19 heavy (non-hydrogen) atoms. The summed E-state index contributed by atoms with van der Waals surface area (Å²) in [7, 11) is 0. The molecule has 1 heterocycles. The second-order valence-corrected chi connectivity index (χ2v) is 4.21. The lowest BCUT2D eigenvalue weighted by molar-refractivity contribution is -0.141. The first-order chi connectivity index (χ1) is 9.09. The number of likely N-dealkylation sites (tertiary alicyclic amines) is 1. The van der Waals surface area contributed by atoms with Gasteiger partial charge in [0.15, 0.2) is 0 Å². The molecule has 0 aromatic heterocycles. The van der Waals surface area contributed by atoms with Crippen LogP contribution in [0.3, 0.4) is 0 Å². The molecule has 1 saturated heterocycles. The first-order valence-corrected chi connectivity index (χ1v) is 5.90. The second kappa shape index (κ2) is 5.51. The summed E-state index contributed by atoms with van der Waals surface area (Å²) in [4.78, 5) is 35.4. The minimum absolute atomic E-state index is 0.252. The maximum Gasteiger partial charge on any atom is 0.418 e. The predicted molar refractivity (Wildman–Crippen MR) is 64.6 cm³/mol. The summed E-state index contributed by atoms with van der Waals surface area (Å²) in [6, 6.07) is 7.17. The van der Waals surface area contributed by atoms with Gasteiger partial charge in [0.2, 0.25) is 0 Å². The van der Waals surface area contributed by atoms with E-state index in [1.54, 1.807) is 18.2 Å². The largest absolute Gasteiger partial charge is 0.480 e. The Morgan fingerprint density at radius 2 is 1.89 bits per heavy atom. The SMILES string of the molecule is O=C(OC(=O)N1CCC[C@H]1C(=O)O)c1ccccc1. The summed E-state index contributed by atoms with van der Waals surface area (Å²) < 4.78 is 4.69. The van der Waals surface area contributed by atoms with E-state index in [1.807, 2.05) is 0 Å². The highest BCUT2D eigenvalue weighted by Crippen LogP contribution is 2.18. The van der Waals surface area contributed by atoms with Gasteiger partial charge in [-0.2, -0.15) is 0 Å². The van der Waals surface area contributed by atoms with E-state index in [1.165, 1.54) is 12.1 Å². The molecule has 0 spiro atoms. The number of carbonyl (C=O) groups excluding carboxylic acids is 2. The summed E-state index contributed by atoms with van der Waals surface area (Å²) in [5.41, 5.74) is 0.252. The Bertz CT molecular complexity index is 499. The number of hydrogen-bond acceptors (Lipinski definition) is 4. The minimum atomic E-state index is -1.08. The number of carboxylic acid groups (broad SMARTS) is 1. The van der Waals surface area contributed by atoms with Gasteiger partial charge in [-0.25, -0.2) is 14.4 Å². The smallest absolute Gasteiger partial charge is 0.418 e. The quantitative estimate of drug-likeness (QED) is 0.646. The van der Waals surface area contributed by atoms with Gasteiger partial charge in [0.05, 0.1) is 5.56 Å². The van der Waals surface area contributed by atoms with Gasteiger partial charge in [0, 0.05) is 6.54 Å². The third-order valence-electron chi connectivity index (χ3n) is 2.96. The van der Waals surface area contributed by atoms with Gasteiger partial charge in [-0.05, 0) is 25.0 Å². The van der Waals surface area contributed by atoms with Crippen molar-refractivity contribution in [2.75, 3.05) is 6.54 Å². The van der Waals surface area contributed by atoms with Crippen molar-refractivity contribution in [3.05, 3.63) is 35.9 Å². The van der Waals surface area contributed by atoms with Crippen LogP contribution in [-0.4, -0.2) is 40.6 Å². The monoisotopic (exact) mass is 263 g/mol. The number of amides is 1. The van der Waals surface area contributed by atoms with Crippen LogP contribution in [0.25, 0.3) is 0 Å². The van der Waals surface area contributed by atoms with E-state index in [4.69, 9.17) is 5.11 Å². The van der Waals surface area contributed by atoms with E-state index >= 15 is 0 Å². The number of carbonyl (C=O) groups is 3. The molecule has 0 bridgehead atoms. The molecular weight excluding hydrogens is 250 g/mol. The van der Waals surface area contributed by atoms with Gasteiger partial charge < -0.3 is 9.84 Å². The molecule has 1 aromatic rings. The molecule has 1 aromatic carbocycles. The molecule has 1 aliphatic heterocycles. The normalized spacial score (nSPS) is 18.1. The van der Waals surface area contributed by atoms with E-state index in [9.17, 15) is 14.4 Å². The fourth-order valence-corrected chi connectivity index (χ4v) is 2.01. The van der Waals surface area contributed by atoms with Crippen LogP contribution in [0.5, 0.6) is 0 Å². The van der Waals surface area contributed by atoms with Crippen molar-refractivity contribution < 1.29 is 24.2 Å². The lowest BCUT2D eigenvalue weighted by atomic mass is 10.2. The molecule has 1 aliphatic rings. The zero-order valence-electron chi connectivity index (χ0n) is 10.1. The standard InChI is InChI=1S/C13H13NO5/c15-11(16)10-7-4-8-14(10)13(18)19-12(17)9-5-2-1-3-6-9/h1-3,5-6,10H,4,7-8H2,(H,15,16)/t10-/m0/s1. The highest BCUT2D eigenvalue weighted by atomic mass is 16.6. The maximum atomic E-state index is 11.8. The number of hydrogen-bond donors (Lipinski definition) is 1. The van der Waals surface area contributed by atoms with Crippen LogP contribution < -0.4 is 0 Å². The zero-order chi connectivity index (χ0) is 13.8. The van der Waals surface area contributed by atoms with Crippen LogP contribution in [0, 0.1) is 0 Å². The summed E-state index contributed by atoms with van der Waals surface area (Å²) in [6.45, 7) is 0.290. The van der Waals surface area contributed by atoms with Crippen LogP contribution in [0.15, 0.2) is 30.3 Å². The Morgan fingerprint density at radius 1 is 1.21 bits per heavy atom. The van der Waals surface area contributed by atoms with Crippen molar-refractivity contribution >= 4 is 18.0 Å². The van der Waals surface area contributed by atoms with Gasteiger partial charge in [0.1, 0.15) is 6.04 Å². The Hall–Kier alpha value is -2.37. The Labute approximate surface area is 109 Å². The van der Waals surface area contributed by atoms with E-state index in [0.29, 0.717) is 12.8 Å². The predicted octanol–water partition coefficient (Wildman–Crippen LogP) is 1.51. The molecule has 100 valence electrons. The van der Waals surface area contributed by atoms with E-state index in [-0.39, 0.29) is 12.1 Å². The lowest BCUT2D eigenvalue weighted by Gasteiger charge is -2.19. The average Bonchev–Trinajstić information content (AvgIpc) is 2.89. The van der Waals surface area contributed by atoms with E-state index < -0.39 is 24.1 Å². The van der Waals surface area contributed by atoms with Gasteiger partial charge in [-0.1, -0.05) is 18.2 Å². The highest BCUT2D eigenvalue weighted by Gasteiger charge is 2.35. The van der Waals surface area contributed by atoms with Crippen LogP contribution in [0.1, 0.15) is 23.2 Å². The van der Waals surface area contributed by atoms with Crippen molar-refractivity contribution in [2.45, 2.75) is 18.9 Å². The number of esters is 1. The Morgan fingerprint density at radius 3 is 2.53 bits per heavy atom. The fourth-order valence-electron chi connectivity index (χ4n) is 2.01. The minimum Gasteiger partial charge on any atom is -0.480 e. The molecule has 1 fully saturated rings. The topological polar surface area (TPSA) is 83.9 Å². The Kier molecular flexibility index (Phi) is 3.79. The first kappa shape index (κ1) is 13.1. The number of benzene rings is 1. The molecule has 1 atom stereocenters. The third-order valence-corrected chi connectivity index (χ3v) is 2.96. The number of carboxylic acids is 1. The number of aliphatic carboxylic acids is 1. The summed E-state index contributed by atoms with van der Waals surface area (Å²) in [6.07, 6.45) is 0.0639. The van der Waals surface area contributed by atoms with Crippen LogP contribution >= 0.6 is 0 Å². The van der Waals surface area contributed by atoms with Gasteiger partial charge in [-0.15, -0.1) is 0 Å². The van der Waals surface area contributed by atoms with Crippen molar-refractivity contribution in [2.24, 2.45) is 0 Å². The van der Waals surface area contributed by atoms with Crippen LogP contribution in [0.4, 0.5) is 4.79 Å². The molecule has 6 nitrogen and oxygen atoms in total. The fraction of sp³-hybridized carbons (Fsp3) is 0.308. The summed E-state index contributed by atoms with van der Waals surface area (Å²) in [5, 5.41) is 8.95. The number of rotatable bonds is 2. The molecule has 0 unspecified atom stereocenters. The molecule has 1 amide bonds. The van der Waals surface area contributed by atoms with Crippen LogP contribution in [-0.2, 0) is 9.53 Å². The molecule has 0 aliphatic carbocycles. The van der Waals surface area contributed by atoms with Gasteiger partial charge >= 0.3 is 18.0 Å². The van der Waals surface area contributed by atoms with Crippen molar-refractivity contribution in [1.29, 1.82) is 0 Å². The van der Waals surface area contributed by atoms with Crippen molar-refractivity contribution in [1.82, 2.24) is 4.90 Å². The van der Waals surface area contributed by atoms with Crippen LogP contribution in [0.2, 0.25) is 0 Å². The molecule has 6 heteroatoms. The van der Waals surface area contributed by atoms with Crippen molar-refractivity contribution in [3.8, 4) is 0 Å². The van der Waals surface area contributed by atoms with E-state index in [2.05, 4.69) is 4.74 Å². The lowest BCUT2D eigenvalue weighted by Crippen LogP contribution is -2.41. The number of ether oxygens (including phenoxy) is 1.